The van der Waals surface area contributed by atoms with Gasteiger partial charge in [-0.2, -0.15) is 0 Å². The van der Waals surface area contributed by atoms with Crippen molar-refractivity contribution in [3.05, 3.63) is 0 Å². The number of likely N-dealkylation sites (tertiary alicyclic amines) is 6. The second-order valence-electron chi connectivity index (χ2n) is 24.4. The van der Waals surface area contributed by atoms with Crippen molar-refractivity contribution in [3.8, 4) is 0 Å². The highest BCUT2D eigenvalue weighted by molar-refractivity contribution is 5.01. The van der Waals surface area contributed by atoms with Crippen LogP contribution in [0.4, 0.5) is 26.3 Å². The number of hydrogen-bond donors (Lipinski definition) is 0. The second kappa shape index (κ2) is 31.0. The summed E-state index contributed by atoms with van der Waals surface area (Å²) in [6, 6.07) is 1.94. The molecule has 7 aliphatic rings. The molecule has 5 atom stereocenters. The molecule has 0 aromatic carbocycles. The molecule has 0 amide bonds. The summed E-state index contributed by atoms with van der Waals surface area (Å²) in [5.74, 6) is 1.59. The molecule has 6 nitrogen and oxygen atoms in total. The first-order chi connectivity index (χ1) is 31.2. The summed E-state index contributed by atoms with van der Waals surface area (Å²) in [7, 11) is 0. The molecule has 7 fully saturated rings. The maximum atomic E-state index is 12.8. The van der Waals surface area contributed by atoms with Crippen LogP contribution in [0.15, 0.2) is 0 Å². The van der Waals surface area contributed by atoms with Crippen molar-refractivity contribution in [2.45, 2.75) is 217 Å². The Bertz CT molecular complexity index is 1250. The number of hydrogen-bond acceptors (Lipinski definition) is 6. The molecule has 400 valence electrons. The van der Waals surface area contributed by atoms with Crippen LogP contribution < -0.4 is 0 Å². The molecule has 0 N–H and O–H groups in total. The number of piperidine rings is 2. The van der Waals surface area contributed by atoms with Crippen molar-refractivity contribution in [1.82, 2.24) is 29.4 Å². The molecule has 6 aliphatic heterocycles. The van der Waals surface area contributed by atoms with E-state index in [0.717, 1.165) is 115 Å². The average molecular weight is 967 g/mol. The Hall–Kier alpha value is -0.660. The lowest BCUT2D eigenvalue weighted by Gasteiger charge is -2.35. The molecule has 67 heavy (non-hydrogen) atoms. The predicted octanol–water partition coefficient (Wildman–Crippen LogP) is 12.8. The summed E-state index contributed by atoms with van der Waals surface area (Å²) >= 11 is 0. The van der Waals surface area contributed by atoms with Gasteiger partial charge >= 0.3 is 0 Å². The first-order valence-corrected chi connectivity index (χ1v) is 27.5. The van der Waals surface area contributed by atoms with Crippen LogP contribution >= 0.6 is 0 Å². The van der Waals surface area contributed by atoms with E-state index in [-0.39, 0.29) is 13.0 Å². The lowest BCUT2D eigenvalue weighted by molar-refractivity contribution is 0.0113. The summed E-state index contributed by atoms with van der Waals surface area (Å²) in [5, 5.41) is 0. The Labute approximate surface area is 410 Å². The Morgan fingerprint density at radius 3 is 1.15 bits per heavy atom. The third kappa shape index (κ3) is 26.0. The predicted molar refractivity (Wildman–Crippen MR) is 275 cm³/mol. The van der Waals surface area contributed by atoms with Crippen LogP contribution in [0.2, 0.25) is 0 Å². The lowest BCUT2D eigenvalue weighted by atomic mass is 10.0. The minimum atomic E-state index is -2.42. The van der Waals surface area contributed by atoms with Crippen molar-refractivity contribution in [1.29, 1.82) is 0 Å². The molecule has 1 spiro atoms. The van der Waals surface area contributed by atoms with E-state index < -0.39 is 30.6 Å². The molecule has 5 unspecified atom stereocenters. The molecular weight excluding hydrogens is 859 g/mol. The average Bonchev–Trinajstić information content (AvgIpc) is 3.58. The zero-order chi connectivity index (χ0) is 50.6. The van der Waals surface area contributed by atoms with E-state index in [1.807, 2.05) is 4.90 Å². The molecule has 6 saturated heterocycles. The van der Waals surface area contributed by atoms with E-state index >= 15 is 0 Å². The molecule has 0 aromatic heterocycles. The maximum Gasteiger partial charge on any atom is 0.261 e. The van der Waals surface area contributed by atoms with Crippen LogP contribution in [0.3, 0.4) is 0 Å². The highest BCUT2D eigenvalue weighted by atomic mass is 19.3. The van der Waals surface area contributed by atoms with Gasteiger partial charge in [0.1, 0.15) is 24.7 Å². The van der Waals surface area contributed by atoms with Gasteiger partial charge in [-0.3, -0.25) is 14.7 Å². The van der Waals surface area contributed by atoms with Gasteiger partial charge in [-0.05, 0) is 126 Å². The van der Waals surface area contributed by atoms with Crippen molar-refractivity contribution >= 4 is 0 Å². The van der Waals surface area contributed by atoms with Gasteiger partial charge in [-0.1, -0.05) is 83.1 Å². The standard InChI is InChI=1S/C11H21N.C10H20FN.2C9H18FN.C8H15F2N.C8H16FN/c1-9(2)10(3)12-7-6-11(8-12)4-5-11;1-8(2)9(3)12-6-4-10(11)5-7-12;1-7(2)8(3)11-5-4-9(10)6-11;1-8(2)7-11-5-3-9(10)4-6-11;1-7(2)5-11-4-3-8(9,10)6-11;1-7(2)5-10-4-3-8(9)6-10/h9-10H,4-8H2,1-3H3;8-10H,4-7H2,1-3H3;7-9H,4-6H2,1-3H3;8-9H,3-7H2,1-2H3;7H,3-6H2,1-2H3;7-8H,3-6H2,1-2H3. The zero-order valence-electron chi connectivity index (χ0n) is 46.1. The Kier molecular flexibility index (Phi) is 28.9. The third-order valence-electron chi connectivity index (χ3n) is 15.5. The van der Waals surface area contributed by atoms with E-state index in [0.29, 0.717) is 61.3 Å². The third-order valence-corrected chi connectivity index (χ3v) is 15.5. The first-order valence-electron chi connectivity index (χ1n) is 27.5. The molecule has 6 heterocycles. The topological polar surface area (TPSA) is 19.4 Å². The van der Waals surface area contributed by atoms with E-state index in [9.17, 15) is 26.3 Å². The molecule has 7 rings (SSSR count). The normalized spacial score (nSPS) is 26.7. The number of halogens is 6. The van der Waals surface area contributed by atoms with Gasteiger partial charge < -0.3 is 14.7 Å². The highest BCUT2D eigenvalue weighted by Gasteiger charge is 2.48. The monoisotopic (exact) mass is 967 g/mol. The molecular formula is C55H108F6N6. The summed E-state index contributed by atoms with van der Waals surface area (Å²) < 4.78 is 76.0. The Balaban J connectivity index is 0.000000276. The smallest absolute Gasteiger partial charge is 0.261 e. The number of alkyl halides is 6. The summed E-state index contributed by atoms with van der Waals surface area (Å²) in [6.07, 6.45) is 6.76. The highest BCUT2D eigenvalue weighted by Crippen LogP contribution is 2.53. The zero-order valence-corrected chi connectivity index (χ0v) is 46.1. The van der Waals surface area contributed by atoms with Gasteiger partial charge in [-0.25, -0.2) is 26.3 Å². The van der Waals surface area contributed by atoms with Gasteiger partial charge in [0.2, 0.25) is 0 Å². The lowest BCUT2D eigenvalue weighted by Crippen LogP contribution is -2.42. The molecule has 1 aliphatic carbocycles. The summed E-state index contributed by atoms with van der Waals surface area (Å²) in [5.41, 5.74) is 0.809. The van der Waals surface area contributed by atoms with Gasteiger partial charge in [0, 0.05) is 110 Å². The fourth-order valence-electron chi connectivity index (χ4n) is 10.1. The van der Waals surface area contributed by atoms with E-state index in [1.54, 1.807) is 0 Å². The minimum Gasteiger partial charge on any atom is -0.303 e. The van der Waals surface area contributed by atoms with Crippen LogP contribution in [-0.4, -0.2) is 176 Å². The van der Waals surface area contributed by atoms with Crippen LogP contribution in [0, 0.1) is 40.9 Å². The van der Waals surface area contributed by atoms with Gasteiger partial charge in [0.05, 0.1) is 6.54 Å². The van der Waals surface area contributed by atoms with E-state index in [1.165, 1.54) is 32.4 Å². The van der Waals surface area contributed by atoms with Crippen LogP contribution in [0.25, 0.3) is 0 Å². The van der Waals surface area contributed by atoms with Crippen molar-refractivity contribution in [2.75, 3.05) is 98.2 Å². The molecule has 0 bridgehead atoms. The van der Waals surface area contributed by atoms with Crippen LogP contribution in [0.1, 0.15) is 168 Å². The largest absolute Gasteiger partial charge is 0.303 e. The molecule has 0 radical (unpaired) electrons. The quantitative estimate of drug-likeness (QED) is 0.180. The van der Waals surface area contributed by atoms with E-state index in [4.69, 9.17) is 0 Å². The Morgan fingerprint density at radius 2 is 0.761 bits per heavy atom. The fourth-order valence-corrected chi connectivity index (χ4v) is 10.1. The first kappa shape index (κ1) is 62.5. The summed E-state index contributed by atoms with van der Waals surface area (Å²) in [4.78, 5) is 13.7. The van der Waals surface area contributed by atoms with Crippen molar-refractivity contribution in [3.63, 3.8) is 0 Å². The molecule has 0 aromatic rings. The van der Waals surface area contributed by atoms with Crippen LogP contribution in [-0.2, 0) is 0 Å². The van der Waals surface area contributed by atoms with Crippen molar-refractivity contribution < 1.29 is 26.3 Å². The second-order valence-corrected chi connectivity index (χ2v) is 24.4. The van der Waals surface area contributed by atoms with Gasteiger partial charge in [-0.15, -0.1) is 0 Å². The van der Waals surface area contributed by atoms with Crippen molar-refractivity contribution in [2.24, 2.45) is 40.9 Å². The SMILES string of the molecule is CC(C)C(C)N1CCC(F)C1.CC(C)C(C)N1CCC(F)CC1.CC(C)C(C)N1CCC2(CC2)C1.CC(C)CN1CCC(F)(F)C1.CC(C)CN1CCC(F)C1.CC(C)CN1CCC(F)CC1. The van der Waals surface area contributed by atoms with Gasteiger partial charge in [0.15, 0.2) is 0 Å². The summed E-state index contributed by atoms with van der Waals surface area (Å²) in [6.45, 7) is 46.5. The van der Waals surface area contributed by atoms with E-state index in [2.05, 4.69) is 128 Å². The molecule has 1 saturated carbocycles. The minimum absolute atomic E-state index is 0.0365. The molecule has 12 heteroatoms. The van der Waals surface area contributed by atoms with Gasteiger partial charge in [0.25, 0.3) is 5.92 Å². The Morgan fingerprint density at radius 1 is 0.373 bits per heavy atom. The number of rotatable bonds is 12. The van der Waals surface area contributed by atoms with Crippen LogP contribution in [0.5, 0.6) is 0 Å². The maximum absolute atomic E-state index is 12.8. The fraction of sp³-hybridized carbons (Fsp3) is 1.00. The number of nitrogens with zero attached hydrogens (tertiary/aromatic N) is 6.